The highest BCUT2D eigenvalue weighted by Crippen LogP contribution is 2.37. The number of benzene rings is 2. The molecule has 2 N–H and O–H groups in total. The predicted octanol–water partition coefficient (Wildman–Crippen LogP) is 5.91. The summed E-state index contributed by atoms with van der Waals surface area (Å²) in [4.78, 5) is 2.42. The Labute approximate surface area is 233 Å². The smallest absolute Gasteiger partial charge is 0.422 e. The van der Waals surface area contributed by atoms with E-state index in [1.54, 1.807) is 6.07 Å². The van der Waals surface area contributed by atoms with Crippen LogP contribution in [0.2, 0.25) is 0 Å². The third-order valence-corrected chi connectivity index (χ3v) is 8.32. The summed E-state index contributed by atoms with van der Waals surface area (Å²) in [5.74, 6) is 1.11. The van der Waals surface area contributed by atoms with E-state index in [0.717, 1.165) is 74.9 Å². The Hall–Kier alpha value is -2.85. The van der Waals surface area contributed by atoms with Crippen molar-refractivity contribution < 1.29 is 22.3 Å². The first-order valence-corrected chi connectivity index (χ1v) is 14.4. The number of piperidine rings is 2. The molecule has 0 amide bonds. The molecule has 0 atom stereocenters. The first kappa shape index (κ1) is 28.7. The molecule has 10 heteroatoms. The number of halogens is 4. The Kier molecular flexibility index (Phi) is 9.15. The third-order valence-electron chi connectivity index (χ3n) is 8.32. The number of fused-ring (bicyclic) bond motifs is 1. The molecule has 2 saturated heterocycles. The van der Waals surface area contributed by atoms with Gasteiger partial charge < -0.3 is 20.3 Å². The van der Waals surface area contributed by atoms with Gasteiger partial charge in [0.2, 0.25) is 0 Å². The molecule has 5 rings (SSSR count). The third kappa shape index (κ3) is 7.07. The number of anilines is 1. The van der Waals surface area contributed by atoms with E-state index in [1.165, 1.54) is 31.7 Å². The number of para-hydroxylation sites is 1. The van der Waals surface area contributed by atoms with Gasteiger partial charge in [-0.3, -0.25) is 4.68 Å². The number of aromatic nitrogens is 2. The minimum atomic E-state index is -4.56. The van der Waals surface area contributed by atoms with Crippen molar-refractivity contribution in [1.29, 1.82) is 0 Å². The van der Waals surface area contributed by atoms with Crippen LogP contribution in [0.4, 0.5) is 23.4 Å². The van der Waals surface area contributed by atoms with Crippen LogP contribution in [-0.4, -0.2) is 61.8 Å². The zero-order valence-electron chi connectivity index (χ0n) is 23.1. The van der Waals surface area contributed by atoms with E-state index in [9.17, 15) is 17.6 Å². The fraction of sp³-hybridized carbons (Fsp3) is 0.567. The van der Waals surface area contributed by atoms with E-state index < -0.39 is 24.3 Å². The van der Waals surface area contributed by atoms with Gasteiger partial charge in [0.25, 0.3) is 0 Å². The van der Waals surface area contributed by atoms with Gasteiger partial charge in [0, 0.05) is 31.1 Å². The molecule has 2 aliphatic rings. The van der Waals surface area contributed by atoms with Crippen LogP contribution in [0.3, 0.4) is 0 Å². The van der Waals surface area contributed by atoms with Gasteiger partial charge in [0.15, 0.2) is 24.0 Å². The van der Waals surface area contributed by atoms with Gasteiger partial charge in [-0.15, -0.1) is 0 Å². The first-order chi connectivity index (χ1) is 19.3. The number of nitrogens with zero attached hydrogens (tertiary/aromatic N) is 3. The fourth-order valence-electron chi connectivity index (χ4n) is 6.02. The van der Waals surface area contributed by atoms with Crippen LogP contribution in [0, 0.1) is 17.7 Å². The molecule has 0 unspecified atom stereocenters. The van der Waals surface area contributed by atoms with Crippen LogP contribution in [-0.2, 0) is 7.05 Å². The summed E-state index contributed by atoms with van der Waals surface area (Å²) in [7, 11) is 1.88. The van der Waals surface area contributed by atoms with E-state index in [-0.39, 0.29) is 5.56 Å². The monoisotopic (exact) mass is 561 g/mol. The minimum absolute atomic E-state index is 0.280. The lowest BCUT2D eigenvalue weighted by molar-refractivity contribution is -0.153. The molecule has 3 aromatic rings. The molecule has 3 heterocycles. The van der Waals surface area contributed by atoms with Crippen molar-refractivity contribution in [3.63, 3.8) is 0 Å². The summed E-state index contributed by atoms with van der Waals surface area (Å²) in [6.45, 7) is 4.61. The lowest BCUT2D eigenvalue weighted by atomic mass is 9.93. The second-order valence-electron chi connectivity index (χ2n) is 11.2. The topological polar surface area (TPSA) is 54.4 Å². The van der Waals surface area contributed by atoms with E-state index >= 15 is 0 Å². The summed E-state index contributed by atoms with van der Waals surface area (Å²) in [6.07, 6.45) is 2.45. The Morgan fingerprint density at radius 3 is 2.17 bits per heavy atom. The zero-order chi connectivity index (χ0) is 28.1. The van der Waals surface area contributed by atoms with Gasteiger partial charge in [-0.05, 0) is 100 Å². The molecule has 2 aliphatic heterocycles. The van der Waals surface area contributed by atoms with Crippen molar-refractivity contribution in [1.82, 2.24) is 20.4 Å². The second-order valence-corrected chi connectivity index (χ2v) is 11.2. The van der Waals surface area contributed by atoms with Gasteiger partial charge in [-0.1, -0.05) is 18.2 Å². The summed E-state index contributed by atoms with van der Waals surface area (Å²) >= 11 is 0. The average molecular weight is 562 g/mol. The Morgan fingerprint density at radius 1 is 0.950 bits per heavy atom. The molecule has 0 spiro atoms. The van der Waals surface area contributed by atoms with Crippen LogP contribution in [0.25, 0.3) is 22.0 Å². The van der Waals surface area contributed by atoms with Crippen molar-refractivity contribution in [2.75, 3.05) is 50.8 Å². The van der Waals surface area contributed by atoms with Gasteiger partial charge in [-0.25, -0.2) is 4.39 Å². The van der Waals surface area contributed by atoms with E-state index in [1.807, 2.05) is 29.9 Å². The maximum absolute atomic E-state index is 14.6. The van der Waals surface area contributed by atoms with Crippen LogP contribution in [0.5, 0.6) is 5.75 Å². The Morgan fingerprint density at radius 2 is 1.57 bits per heavy atom. The zero-order valence-corrected chi connectivity index (χ0v) is 23.1. The van der Waals surface area contributed by atoms with Crippen molar-refractivity contribution in [3.8, 4) is 16.9 Å². The molecule has 1 aromatic heterocycles. The maximum atomic E-state index is 14.6. The minimum Gasteiger partial charge on any atom is -0.480 e. The highest BCUT2D eigenvalue weighted by Gasteiger charge is 2.30. The second kappa shape index (κ2) is 12.8. The quantitative estimate of drug-likeness (QED) is 0.302. The van der Waals surface area contributed by atoms with Crippen molar-refractivity contribution in [2.24, 2.45) is 18.9 Å². The van der Waals surface area contributed by atoms with Crippen molar-refractivity contribution >= 4 is 16.7 Å². The number of hydrogen-bond donors (Lipinski definition) is 2. The van der Waals surface area contributed by atoms with Gasteiger partial charge in [0.1, 0.15) is 0 Å². The molecule has 0 bridgehead atoms. The summed E-state index contributed by atoms with van der Waals surface area (Å²) in [6, 6.07) is 9.80. The highest BCUT2D eigenvalue weighted by molar-refractivity contribution is 5.94. The Bertz CT molecular complexity index is 1240. The molecule has 6 nitrogen and oxygen atoms in total. The normalized spacial score (nSPS) is 17.4. The molecular weight excluding hydrogens is 522 g/mol. The van der Waals surface area contributed by atoms with Crippen LogP contribution >= 0.6 is 0 Å². The number of nitrogens with one attached hydrogen (secondary N) is 2. The largest absolute Gasteiger partial charge is 0.480 e. The van der Waals surface area contributed by atoms with Crippen LogP contribution in [0.15, 0.2) is 36.4 Å². The molecule has 40 heavy (non-hydrogen) atoms. The number of alkyl halides is 3. The number of ether oxygens (including phenoxy) is 1. The molecule has 0 saturated carbocycles. The summed E-state index contributed by atoms with van der Waals surface area (Å²) in [5, 5.41) is 12.8. The lowest BCUT2D eigenvalue weighted by Gasteiger charge is -2.30. The maximum Gasteiger partial charge on any atom is 0.422 e. The first-order valence-electron chi connectivity index (χ1n) is 14.4. The fourth-order valence-corrected chi connectivity index (χ4v) is 6.02. The molecule has 0 radical (unpaired) electrons. The molecule has 218 valence electrons. The summed E-state index contributed by atoms with van der Waals surface area (Å²) in [5.41, 5.74) is 1.70. The van der Waals surface area contributed by atoms with Crippen molar-refractivity contribution in [2.45, 2.75) is 44.7 Å². The van der Waals surface area contributed by atoms with E-state index in [2.05, 4.69) is 15.5 Å². The Balaban J connectivity index is 1.42. The SMILES string of the molecule is Cn1nc(N(CCC2CCNCC2)CCC2CCNCC2)c2ccc(-c3cccc(F)c3OCC(F)(F)F)cc21. The van der Waals surface area contributed by atoms with Gasteiger partial charge in [0.05, 0.1) is 5.52 Å². The summed E-state index contributed by atoms with van der Waals surface area (Å²) < 4.78 is 59.8. The van der Waals surface area contributed by atoms with E-state index in [4.69, 9.17) is 9.84 Å². The standard InChI is InChI=1S/C30H39F4N5O/c1-38-27-19-23(24-3-2-4-26(31)28(24)40-20-30(32,33)34)5-6-25(27)29(37-38)39(17-11-21-7-13-35-14-8-21)18-12-22-9-15-36-16-10-22/h2-6,19,21-22,35-36H,7-18,20H2,1H3. The van der Waals surface area contributed by atoms with Gasteiger partial charge in [-0.2, -0.15) is 18.3 Å². The van der Waals surface area contributed by atoms with Crippen LogP contribution < -0.4 is 20.3 Å². The predicted molar refractivity (Wildman–Crippen MR) is 150 cm³/mol. The number of rotatable bonds is 10. The molecular formula is C30H39F4N5O. The molecule has 0 aliphatic carbocycles. The van der Waals surface area contributed by atoms with E-state index in [0.29, 0.717) is 17.4 Å². The average Bonchev–Trinajstić information content (AvgIpc) is 3.28. The number of aryl methyl sites for hydroxylation is 1. The molecule has 2 fully saturated rings. The van der Waals surface area contributed by atoms with Gasteiger partial charge >= 0.3 is 6.18 Å². The molecule has 2 aromatic carbocycles. The number of hydrogen-bond acceptors (Lipinski definition) is 5. The van der Waals surface area contributed by atoms with Crippen molar-refractivity contribution in [3.05, 3.63) is 42.2 Å². The lowest BCUT2D eigenvalue weighted by Crippen LogP contribution is -2.34. The highest BCUT2D eigenvalue weighted by atomic mass is 19.4. The van der Waals surface area contributed by atoms with Crippen LogP contribution in [0.1, 0.15) is 38.5 Å².